The van der Waals surface area contributed by atoms with Crippen LogP contribution in [-0.4, -0.2) is 39.8 Å². The summed E-state index contributed by atoms with van der Waals surface area (Å²) in [5.41, 5.74) is 0.449. The lowest BCUT2D eigenvalue weighted by molar-refractivity contribution is -0.0494. The van der Waals surface area contributed by atoms with E-state index in [0.29, 0.717) is 5.75 Å². The Labute approximate surface area is 167 Å². The number of piperidine rings is 1. The number of nitrogens with zero attached hydrogens (tertiary/aromatic N) is 2. The average molecular weight is 405 g/mol. The highest BCUT2D eigenvalue weighted by molar-refractivity contribution is 5.93. The van der Waals surface area contributed by atoms with Crippen LogP contribution in [0.2, 0.25) is 0 Å². The van der Waals surface area contributed by atoms with Crippen LogP contribution in [-0.2, 0) is 12.0 Å². The van der Waals surface area contributed by atoms with Crippen LogP contribution in [0.3, 0.4) is 0 Å². The van der Waals surface area contributed by atoms with Gasteiger partial charge < -0.3 is 14.6 Å². The molecule has 0 aliphatic carbocycles. The molecule has 3 rings (SSSR count). The molecule has 156 valence electrons. The van der Waals surface area contributed by atoms with Crippen LogP contribution in [0, 0.1) is 0 Å². The minimum atomic E-state index is -2.76. The molecule has 1 aliphatic rings. The Hall–Kier alpha value is -2.77. The molecule has 0 saturated carbocycles. The van der Waals surface area contributed by atoms with E-state index in [1.54, 1.807) is 0 Å². The number of H-pyrrole nitrogens is 1. The molecule has 0 bridgehead atoms. The maximum Gasteiger partial charge on any atom is 0.263 e. The van der Waals surface area contributed by atoms with Crippen molar-refractivity contribution in [1.29, 1.82) is 0 Å². The summed E-state index contributed by atoms with van der Waals surface area (Å²) in [6, 6.07) is 7.66. The van der Waals surface area contributed by atoms with Gasteiger partial charge in [0.05, 0.1) is 0 Å². The zero-order valence-corrected chi connectivity index (χ0v) is 16.8. The first-order valence-corrected chi connectivity index (χ1v) is 9.54. The van der Waals surface area contributed by atoms with E-state index in [-0.39, 0.29) is 36.5 Å². The lowest BCUT2D eigenvalue weighted by atomic mass is 9.87. The second-order valence-corrected chi connectivity index (χ2v) is 8.28. The fourth-order valence-corrected chi connectivity index (χ4v) is 3.07. The van der Waals surface area contributed by atoms with Crippen molar-refractivity contribution in [2.75, 3.05) is 13.1 Å². The summed E-state index contributed by atoms with van der Waals surface area (Å²) < 4.78 is 32.1. The van der Waals surface area contributed by atoms with Crippen molar-refractivity contribution in [1.82, 2.24) is 14.9 Å². The summed E-state index contributed by atoms with van der Waals surface area (Å²) in [6.45, 7) is 6.23. The SMILES string of the molecule is CC(C)(C)c1ccc(OCc2ncc(C(=O)N3CCC(F)(F)CC3)c(=O)[nH]2)cc1. The minimum Gasteiger partial charge on any atom is -0.486 e. The number of aromatic nitrogens is 2. The van der Waals surface area contributed by atoms with Crippen molar-refractivity contribution < 1.29 is 18.3 Å². The van der Waals surface area contributed by atoms with Crippen LogP contribution >= 0.6 is 0 Å². The monoisotopic (exact) mass is 405 g/mol. The Bertz CT molecular complexity index is 923. The van der Waals surface area contributed by atoms with Gasteiger partial charge in [0, 0.05) is 32.1 Å². The Morgan fingerprint density at radius 2 is 1.83 bits per heavy atom. The normalized spacial score (nSPS) is 16.5. The molecular weight excluding hydrogens is 380 g/mol. The topological polar surface area (TPSA) is 75.3 Å². The lowest BCUT2D eigenvalue weighted by Gasteiger charge is -2.31. The first-order valence-electron chi connectivity index (χ1n) is 9.54. The van der Waals surface area contributed by atoms with Gasteiger partial charge >= 0.3 is 0 Å². The van der Waals surface area contributed by atoms with Gasteiger partial charge in [0.2, 0.25) is 0 Å². The van der Waals surface area contributed by atoms with Gasteiger partial charge in [-0.2, -0.15) is 0 Å². The molecule has 1 amide bonds. The van der Waals surface area contributed by atoms with Crippen molar-refractivity contribution in [3.63, 3.8) is 0 Å². The fourth-order valence-electron chi connectivity index (χ4n) is 3.07. The molecule has 0 atom stereocenters. The van der Waals surface area contributed by atoms with Crippen LogP contribution in [0.4, 0.5) is 8.78 Å². The zero-order chi connectivity index (χ0) is 21.2. The summed E-state index contributed by atoms with van der Waals surface area (Å²) in [6.07, 6.45) is 0.378. The predicted molar refractivity (Wildman–Crippen MR) is 104 cm³/mol. The van der Waals surface area contributed by atoms with Crippen LogP contribution < -0.4 is 10.3 Å². The number of nitrogens with one attached hydrogen (secondary N) is 1. The number of rotatable bonds is 4. The van der Waals surface area contributed by atoms with Gasteiger partial charge in [-0.25, -0.2) is 13.8 Å². The van der Waals surface area contributed by atoms with Crippen molar-refractivity contribution >= 4 is 5.91 Å². The highest BCUT2D eigenvalue weighted by Gasteiger charge is 2.36. The summed E-state index contributed by atoms with van der Waals surface area (Å²) >= 11 is 0. The lowest BCUT2D eigenvalue weighted by Crippen LogP contribution is -2.44. The number of likely N-dealkylation sites (tertiary alicyclic amines) is 1. The number of hydrogen-bond acceptors (Lipinski definition) is 4. The Kier molecular flexibility index (Phi) is 5.73. The van der Waals surface area contributed by atoms with Gasteiger partial charge in [0.15, 0.2) is 0 Å². The molecule has 1 N–H and O–H groups in total. The van der Waals surface area contributed by atoms with E-state index in [1.165, 1.54) is 16.7 Å². The van der Waals surface area contributed by atoms with Crippen molar-refractivity contribution in [2.24, 2.45) is 0 Å². The molecule has 6 nitrogen and oxygen atoms in total. The van der Waals surface area contributed by atoms with Gasteiger partial charge in [-0.05, 0) is 23.1 Å². The van der Waals surface area contributed by atoms with E-state index >= 15 is 0 Å². The maximum absolute atomic E-state index is 13.2. The predicted octanol–water partition coefficient (Wildman–Crippen LogP) is 3.52. The van der Waals surface area contributed by atoms with Gasteiger partial charge in [-0.15, -0.1) is 0 Å². The van der Waals surface area contributed by atoms with Gasteiger partial charge in [-0.3, -0.25) is 9.59 Å². The highest BCUT2D eigenvalue weighted by atomic mass is 19.3. The van der Waals surface area contributed by atoms with Crippen LogP contribution in [0.15, 0.2) is 35.3 Å². The first-order chi connectivity index (χ1) is 13.5. The third-order valence-corrected chi connectivity index (χ3v) is 4.96. The number of amides is 1. The van der Waals surface area contributed by atoms with Gasteiger partial charge in [0.1, 0.15) is 23.7 Å². The zero-order valence-electron chi connectivity index (χ0n) is 16.8. The average Bonchev–Trinajstić information content (AvgIpc) is 2.65. The van der Waals surface area contributed by atoms with Crippen LogP contribution in [0.1, 0.15) is 55.4 Å². The molecular formula is C21H25F2N3O3. The van der Waals surface area contributed by atoms with Gasteiger partial charge in [-0.1, -0.05) is 32.9 Å². The standard InChI is InChI=1S/C21H25F2N3O3/c1-20(2,3)14-4-6-15(7-5-14)29-13-17-24-12-16(18(27)25-17)19(28)26-10-8-21(22,23)9-11-26/h4-7,12H,8-11,13H2,1-3H3,(H,24,25,27). The smallest absolute Gasteiger partial charge is 0.263 e. The number of benzene rings is 1. The quantitative estimate of drug-likeness (QED) is 0.845. The molecule has 1 aliphatic heterocycles. The Balaban J connectivity index is 1.62. The number of ether oxygens (including phenoxy) is 1. The molecule has 29 heavy (non-hydrogen) atoms. The van der Waals surface area contributed by atoms with Crippen LogP contribution in [0.5, 0.6) is 5.75 Å². The summed E-state index contributed by atoms with van der Waals surface area (Å²) in [4.78, 5) is 32.6. The molecule has 8 heteroatoms. The van der Waals surface area contributed by atoms with E-state index in [4.69, 9.17) is 4.74 Å². The van der Waals surface area contributed by atoms with Crippen molar-refractivity contribution in [2.45, 2.75) is 51.6 Å². The summed E-state index contributed by atoms with van der Waals surface area (Å²) in [5.74, 6) is -2.43. The molecule has 1 saturated heterocycles. The Morgan fingerprint density at radius 1 is 1.21 bits per heavy atom. The van der Waals surface area contributed by atoms with E-state index in [9.17, 15) is 18.4 Å². The number of carbonyl (C=O) groups excluding carboxylic acids is 1. The number of aromatic amines is 1. The minimum absolute atomic E-state index is 0.0362. The van der Waals surface area contributed by atoms with E-state index in [0.717, 1.165) is 0 Å². The molecule has 0 spiro atoms. The van der Waals surface area contributed by atoms with Crippen molar-refractivity contribution in [3.05, 3.63) is 57.8 Å². The van der Waals surface area contributed by atoms with E-state index in [1.807, 2.05) is 24.3 Å². The molecule has 1 aromatic carbocycles. The maximum atomic E-state index is 13.2. The molecule has 0 unspecified atom stereocenters. The van der Waals surface area contributed by atoms with Gasteiger partial charge in [0.25, 0.3) is 17.4 Å². The summed E-state index contributed by atoms with van der Waals surface area (Å²) in [7, 11) is 0. The number of hydrogen-bond donors (Lipinski definition) is 1. The van der Waals surface area contributed by atoms with E-state index in [2.05, 4.69) is 30.7 Å². The Morgan fingerprint density at radius 3 is 2.38 bits per heavy atom. The molecule has 0 radical (unpaired) electrons. The number of halogens is 2. The third kappa shape index (κ3) is 5.19. The van der Waals surface area contributed by atoms with Crippen LogP contribution in [0.25, 0.3) is 0 Å². The molecule has 1 aromatic heterocycles. The number of alkyl halides is 2. The van der Waals surface area contributed by atoms with Crippen molar-refractivity contribution in [3.8, 4) is 5.75 Å². The largest absolute Gasteiger partial charge is 0.486 e. The fraction of sp³-hybridized carbons (Fsp3) is 0.476. The first kappa shape index (κ1) is 21.0. The molecule has 2 aromatic rings. The summed E-state index contributed by atoms with van der Waals surface area (Å²) in [5, 5.41) is 0. The number of carbonyl (C=O) groups is 1. The molecule has 1 fully saturated rings. The second-order valence-electron chi connectivity index (χ2n) is 8.28. The second kappa shape index (κ2) is 7.93. The van der Waals surface area contributed by atoms with E-state index < -0.39 is 30.2 Å². The highest BCUT2D eigenvalue weighted by Crippen LogP contribution is 2.28. The molecule has 2 heterocycles. The third-order valence-electron chi connectivity index (χ3n) is 4.96.